The van der Waals surface area contributed by atoms with Gasteiger partial charge in [-0.25, -0.2) is 0 Å². The maximum Gasteiger partial charge on any atom is 0.416 e. The van der Waals surface area contributed by atoms with E-state index in [0.717, 1.165) is 39.6 Å². The number of alkyl halides is 3. The minimum absolute atomic E-state index is 0.157. The zero-order valence-electron chi connectivity index (χ0n) is 14.0. The molecule has 0 radical (unpaired) electrons. The molecule has 1 unspecified atom stereocenters. The number of rotatable bonds is 5. The van der Waals surface area contributed by atoms with Gasteiger partial charge in [0.15, 0.2) is 0 Å². The fraction of sp³-hybridized carbons (Fsp3) is 0.150. The summed E-state index contributed by atoms with van der Waals surface area (Å²) >= 11 is 1.37. The Kier molecular flexibility index (Phi) is 5.62. The van der Waals surface area contributed by atoms with Crippen LogP contribution in [-0.4, -0.2) is 11.0 Å². The van der Waals surface area contributed by atoms with Crippen LogP contribution in [-0.2, 0) is 12.7 Å². The first kappa shape index (κ1) is 19.1. The Balaban J connectivity index is 1.60. The zero-order valence-corrected chi connectivity index (χ0v) is 14.8. The van der Waals surface area contributed by atoms with Crippen LogP contribution in [0.3, 0.4) is 0 Å². The molecular weight excluding hydrogens is 375 g/mol. The molecule has 3 nitrogen and oxygen atoms in total. The molecule has 7 heteroatoms. The molecule has 0 bridgehead atoms. The SMILES string of the molecule is O=C(NCc1ccc(C(O)c2ccccc2)s1)c1ccc(C(F)(F)F)cc1. The maximum absolute atomic E-state index is 12.6. The van der Waals surface area contributed by atoms with Crippen LogP contribution in [0.1, 0.15) is 37.3 Å². The van der Waals surface area contributed by atoms with Crippen molar-refractivity contribution in [2.24, 2.45) is 0 Å². The lowest BCUT2D eigenvalue weighted by molar-refractivity contribution is -0.137. The van der Waals surface area contributed by atoms with E-state index in [0.29, 0.717) is 0 Å². The number of aliphatic hydroxyl groups is 1. The first-order valence-corrected chi connectivity index (χ1v) is 8.93. The largest absolute Gasteiger partial charge is 0.416 e. The average Bonchev–Trinajstić information content (AvgIpc) is 3.14. The maximum atomic E-state index is 12.6. The average molecular weight is 391 g/mol. The third-order valence-corrected chi connectivity index (χ3v) is 5.10. The highest BCUT2D eigenvalue weighted by Gasteiger charge is 2.30. The lowest BCUT2D eigenvalue weighted by atomic mass is 10.1. The molecule has 0 saturated heterocycles. The third-order valence-electron chi connectivity index (χ3n) is 3.96. The molecule has 140 valence electrons. The molecule has 0 fully saturated rings. The highest BCUT2D eigenvalue weighted by molar-refractivity contribution is 7.12. The molecule has 0 aliphatic carbocycles. The number of hydrogen-bond donors (Lipinski definition) is 2. The normalized spacial score (nSPS) is 12.6. The van der Waals surface area contributed by atoms with Gasteiger partial charge in [-0.2, -0.15) is 13.2 Å². The summed E-state index contributed by atoms with van der Waals surface area (Å²) in [5, 5.41) is 13.1. The summed E-state index contributed by atoms with van der Waals surface area (Å²) in [4.78, 5) is 13.7. The van der Waals surface area contributed by atoms with Crippen LogP contribution < -0.4 is 5.32 Å². The summed E-state index contributed by atoms with van der Waals surface area (Å²) in [5.41, 5.74) is 0.139. The van der Waals surface area contributed by atoms with Gasteiger partial charge >= 0.3 is 6.18 Å². The molecule has 2 aromatic carbocycles. The Hall–Kier alpha value is -2.64. The fourth-order valence-electron chi connectivity index (χ4n) is 2.52. The van der Waals surface area contributed by atoms with Gasteiger partial charge in [0.05, 0.1) is 12.1 Å². The van der Waals surface area contributed by atoms with Crippen LogP contribution in [0.5, 0.6) is 0 Å². The highest BCUT2D eigenvalue weighted by atomic mass is 32.1. The molecule has 1 atom stereocenters. The summed E-state index contributed by atoms with van der Waals surface area (Å²) < 4.78 is 37.7. The summed E-state index contributed by atoms with van der Waals surface area (Å²) in [6.45, 7) is 0.228. The first-order valence-electron chi connectivity index (χ1n) is 8.11. The predicted octanol–water partition coefficient (Wildman–Crippen LogP) is 4.78. The molecule has 1 aromatic heterocycles. The van der Waals surface area contributed by atoms with Crippen molar-refractivity contribution in [1.29, 1.82) is 0 Å². The van der Waals surface area contributed by atoms with Crippen LogP contribution in [0.15, 0.2) is 66.7 Å². The number of thiophene rings is 1. The number of amides is 1. The van der Waals surface area contributed by atoms with Gasteiger partial charge in [-0.05, 0) is 42.0 Å². The number of aliphatic hydroxyl groups excluding tert-OH is 1. The standard InChI is InChI=1S/C20H16F3NO2S/c21-20(22,23)15-8-6-14(7-9-15)19(26)24-12-16-10-11-17(27-16)18(25)13-4-2-1-3-5-13/h1-11,18,25H,12H2,(H,24,26). The van der Waals surface area contributed by atoms with Crippen molar-refractivity contribution in [2.75, 3.05) is 0 Å². The van der Waals surface area contributed by atoms with Crippen molar-refractivity contribution in [3.8, 4) is 0 Å². The van der Waals surface area contributed by atoms with Crippen LogP contribution in [0, 0.1) is 0 Å². The summed E-state index contributed by atoms with van der Waals surface area (Å²) in [6, 6.07) is 16.9. The van der Waals surface area contributed by atoms with E-state index in [9.17, 15) is 23.1 Å². The molecule has 0 spiro atoms. The van der Waals surface area contributed by atoms with Crippen molar-refractivity contribution >= 4 is 17.2 Å². The van der Waals surface area contributed by atoms with E-state index in [1.807, 2.05) is 30.3 Å². The van der Waals surface area contributed by atoms with E-state index in [1.165, 1.54) is 11.3 Å². The van der Waals surface area contributed by atoms with E-state index < -0.39 is 23.8 Å². The molecule has 27 heavy (non-hydrogen) atoms. The molecular formula is C20H16F3NO2S. The van der Waals surface area contributed by atoms with Gasteiger partial charge in [0.2, 0.25) is 0 Å². The first-order chi connectivity index (χ1) is 12.8. The number of carbonyl (C=O) groups excluding carboxylic acids is 1. The predicted molar refractivity (Wildman–Crippen MR) is 97.4 cm³/mol. The minimum Gasteiger partial charge on any atom is -0.383 e. The van der Waals surface area contributed by atoms with Gasteiger partial charge in [0, 0.05) is 15.3 Å². The Bertz CT molecular complexity index is 905. The number of hydrogen-bond acceptors (Lipinski definition) is 3. The summed E-state index contributed by atoms with van der Waals surface area (Å²) in [5.74, 6) is -0.456. The fourth-order valence-corrected chi connectivity index (χ4v) is 3.48. The molecule has 2 N–H and O–H groups in total. The van der Waals surface area contributed by atoms with E-state index in [1.54, 1.807) is 12.1 Å². The Morgan fingerprint density at radius 2 is 1.67 bits per heavy atom. The van der Waals surface area contributed by atoms with Crippen LogP contribution >= 0.6 is 11.3 Å². The Labute approximate surface area is 158 Å². The Morgan fingerprint density at radius 3 is 2.30 bits per heavy atom. The Morgan fingerprint density at radius 1 is 1.00 bits per heavy atom. The number of benzene rings is 2. The van der Waals surface area contributed by atoms with Crippen molar-refractivity contribution in [3.63, 3.8) is 0 Å². The van der Waals surface area contributed by atoms with E-state index in [2.05, 4.69) is 5.32 Å². The summed E-state index contributed by atoms with van der Waals surface area (Å²) in [7, 11) is 0. The monoisotopic (exact) mass is 391 g/mol. The van der Waals surface area contributed by atoms with Crippen LogP contribution in [0.2, 0.25) is 0 Å². The molecule has 0 aliphatic rings. The molecule has 0 aliphatic heterocycles. The third kappa shape index (κ3) is 4.75. The van der Waals surface area contributed by atoms with Gasteiger partial charge in [-0.3, -0.25) is 4.79 Å². The molecule has 3 rings (SSSR count). The quantitative estimate of drug-likeness (QED) is 0.658. The smallest absolute Gasteiger partial charge is 0.383 e. The van der Waals surface area contributed by atoms with Crippen LogP contribution in [0.25, 0.3) is 0 Å². The zero-order chi connectivity index (χ0) is 19.4. The topological polar surface area (TPSA) is 49.3 Å². The van der Waals surface area contributed by atoms with Gasteiger partial charge in [-0.1, -0.05) is 30.3 Å². The van der Waals surface area contributed by atoms with E-state index in [4.69, 9.17) is 0 Å². The molecule has 0 saturated carbocycles. The number of nitrogens with one attached hydrogen (secondary N) is 1. The highest BCUT2D eigenvalue weighted by Crippen LogP contribution is 2.30. The van der Waals surface area contributed by atoms with E-state index in [-0.39, 0.29) is 12.1 Å². The number of halogens is 3. The van der Waals surface area contributed by atoms with Crippen molar-refractivity contribution in [1.82, 2.24) is 5.32 Å². The van der Waals surface area contributed by atoms with Gasteiger partial charge in [0.25, 0.3) is 5.91 Å². The van der Waals surface area contributed by atoms with Gasteiger partial charge < -0.3 is 10.4 Å². The van der Waals surface area contributed by atoms with Crippen molar-refractivity contribution in [3.05, 3.63) is 93.2 Å². The molecule has 1 heterocycles. The molecule has 3 aromatic rings. The molecule has 1 amide bonds. The summed E-state index contributed by atoms with van der Waals surface area (Å²) in [6.07, 6.45) is -5.17. The van der Waals surface area contributed by atoms with Gasteiger partial charge in [0.1, 0.15) is 6.10 Å². The second-order valence-corrected chi connectivity index (χ2v) is 7.07. The lowest BCUT2D eigenvalue weighted by Gasteiger charge is -2.09. The minimum atomic E-state index is -4.43. The lowest BCUT2D eigenvalue weighted by Crippen LogP contribution is -2.22. The van der Waals surface area contributed by atoms with Crippen molar-refractivity contribution < 1.29 is 23.1 Å². The number of carbonyl (C=O) groups is 1. The van der Waals surface area contributed by atoms with Gasteiger partial charge in [-0.15, -0.1) is 11.3 Å². The second kappa shape index (κ2) is 7.94. The van der Waals surface area contributed by atoms with E-state index >= 15 is 0 Å². The van der Waals surface area contributed by atoms with Crippen LogP contribution in [0.4, 0.5) is 13.2 Å². The second-order valence-electron chi connectivity index (χ2n) is 5.88. The van der Waals surface area contributed by atoms with Crippen molar-refractivity contribution in [2.45, 2.75) is 18.8 Å².